The summed E-state index contributed by atoms with van der Waals surface area (Å²) in [7, 11) is 0. The van der Waals surface area contributed by atoms with Crippen LogP contribution in [0.15, 0.2) is 12.2 Å². The Balaban J connectivity index is 2.71. The fraction of sp³-hybridized carbons (Fsp3) is 0.636. The van der Waals surface area contributed by atoms with E-state index < -0.39 is 0 Å². The summed E-state index contributed by atoms with van der Waals surface area (Å²) in [5.74, 6) is 0. The minimum Gasteiger partial charge on any atom is -0.309 e. The third kappa shape index (κ3) is 3.72. The Morgan fingerprint density at radius 2 is 2.33 bits per heavy atom. The highest BCUT2D eigenvalue weighted by Crippen LogP contribution is 2.25. The van der Waals surface area contributed by atoms with Gasteiger partial charge in [-0.15, -0.1) is 11.7 Å². The quantitative estimate of drug-likeness (QED) is 0.756. The molecule has 0 aliphatic heterocycles. The van der Waals surface area contributed by atoms with Gasteiger partial charge in [-0.3, -0.25) is 0 Å². The maximum absolute atomic E-state index is 4.05. The monoisotopic (exact) mass is 225 g/mol. The highest BCUT2D eigenvalue weighted by Gasteiger charge is 2.16. The smallest absolute Gasteiger partial charge is 0.0772 e. The first kappa shape index (κ1) is 12.3. The van der Waals surface area contributed by atoms with Gasteiger partial charge in [0, 0.05) is 6.04 Å². The predicted molar refractivity (Wildman–Crippen MR) is 65.1 cm³/mol. The van der Waals surface area contributed by atoms with Crippen molar-refractivity contribution in [3.63, 3.8) is 0 Å². The molecule has 0 spiro atoms. The van der Waals surface area contributed by atoms with Crippen LogP contribution in [0.4, 0.5) is 0 Å². The van der Waals surface area contributed by atoms with Crippen LogP contribution in [0.5, 0.6) is 0 Å². The molecule has 0 bridgehead atoms. The van der Waals surface area contributed by atoms with Crippen LogP contribution < -0.4 is 5.32 Å². The molecule has 1 N–H and O–H groups in total. The summed E-state index contributed by atoms with van der Waals surface area (Å²) in [6.45, 7) is 11.2. The summed E-state index contributed by atoms with van der Waals surface area (Å²) in [4.78, 5) is 1.24. The zero-order valence-corrected chi connectivity index (χ0v) is 10.5. The van der Waals surface area contributed by atoms with E-state index in [1.54, 1.807) is 0 Å². The summed E-state index contributed by atoms with van der Waals surface area (Å²) in [5, 5.41) is 7.57. The molecular weight excluding hydrogens is 206 g/mol. The van der Waals surface area contributed by atoms with Crippen molar-refractivity contribution in [1.82, 2.24) is 14.9 Å². The molecule has 0 aromatic carbocycles. The Morgan fingerprint density at radius 1 is 1.60 bits per heavy atom. The van der Waals surface area contributed by atoms with Crippen LogP contribution in [0.25, 0.3) is 0 Å². The molecule has 0 fully saturated rings. The molecule has 1 aromatic rings. The molecule has 0 radical (unpaired) electrons. The molecule has 1 aromatic heterocycles. The molecule has 0 aliphatic rings. The highest BCUT2D eigenvalue weighted by atomic mass is 32.1. The van der Waals surface area contributed by atoms with E-state index in [0.29, 0.717) is 6.04 Å². The van der Waals surface area contributed by atoms with Gasteiger partial charge in [-0.1, -0.05) is 17.0 Å². The fourth-order valence-corrected chi connectivity index (χ4v) is 2.20. The van der Waals surface area contributed by atoms with Crippen LogP contribution in [-0.2, 0) is 0 Å². The molecule has 84 valence electrons. The summed E-state index contributed by atoms with van der Waals surface area (Å²) < 4.78 is 3.98. The Morgan fingerprint density at radius 3 is 2.80 bits per heavy atom. The van der Waals surface area contributed by atoms with Gasteiger partial charge < -0.3 is 5.32 Å². The minimum absolute atomic E-state index is 0.336. The van der Waals surface area contributed by atoms with Gasteiger partial charge in [0.1, 0.15) is 0 Å². The van der Waals surface area contributed by atoms with Crippen LogP contribution in [0.3, 0.4) is 0 Å². The Kier molecular flexibility index (Phi) is 4.91. The van der Waals surface area contributed by atoms with Crippen LogP contribution in [-0.4, -0.2) is 16.1 Å². The van der Waals surface area contributed by atoms with Crippen LogP contribution >= 0.6 is 11.5 Å². The molecule has 3 nitrogen and oxygen atoms in total. The summed E-state index contributed by atoms with van der Waals surface area (Å²) in [6.07, 6.45) is 2.10. The van der Waals surface area contributed by atoms with Gasteiger partial charge >= 0.3 is 0 Å². The number of nitrogens with one attached hydrogen (secondary N) is 1. The highest BCUT2D eigenvalue weighted by molar-refractivity contribution is 7.05. The van der Waals surface area contributed by atoms with Crippen molar-refractivity contribution < 1.29 is 0 Å². The van der Waals surface area contributed by atoms with Crippen molar-refractivity contribution >= 4 is 11.5 Å². The maximum atomic E-state index is 4.05. The van der Waals surface area contributed by atoms with Crippen LogP contribution in [0, 0.1) is 6.92 Å². The van der Waals surface area contributed by atoms with E-state index in [4.69, 9.17) is 0 Å². The van der Waals surface area contributed by atoms with E-state index in [9.17, 15) is 0 Å². The van der Waals surface area contributed by atoms with Crippen molar-refractivity contribution in [3.05, 3.63) is 22.7 Å². The lowest BCUT2D eigenvalue weighted by atomic mass is 10.1. The molecule has 4 heteroatoms. The second-order valence-electron chi connectivity index (χ2n) is 3.89. The molecule has 1 atom stereocenters. The Labute approximate surface area is 95.8 Å². The molecule has 1 rings (SSSR count). The van der Waals surface area contributed by atoms with E-state index in [0.717, 1.165) is 25.1 Å². The molecule has 1 unspecified atom stereocenters. The number of nitrogens with zero attached hydrogens (tertiary/aromatic N) is 2. The van der Waals surface area contributed by atoms with Crippen LogP contribution in [0.1, 0.15) is 43.3 Å². The van der Waals surface area contributed by atoms with Crippen molar-refractivity contribution in [2.24, 2.45) is 0 Å². The SMILES string of the molecule is C=C(C)CC(NCCC)c1snnc1C. The average Bonchev–Trinajstić information content (AvgIpc) is 2.58. The first-order valence-corrected chi connectivity index (χ1v) is 6.09. The lowest BCUT2D eigenvalue weighted by molar-refractivity contribution is 0.532. The zero-order chi connectivity index (χ0) is 11.3. The summed E-state index contributed by atoms with van der Waals surface area (Å²) in [6, 6.07) is 0.336. The predicted octanol–water partition coefficient (Wildman–Crippen LogP) is 2.85. The van der Waals surface area contributed by atoms with E-state index >= 15 is 0 Å². The van der Waals surface area contributed by atoms with Crippen molar-refractivity contribution in [2.75, 3.05) is 6.54 Å². The molecule has 15 heavy (non-hydrogen) atoms. The Hall–Kier alpha value is -0.740. The van der Waals surface area contributed by atoms with E-state index in [-0.39, 0.29) is 0 Å². The van der Waals surface area contributed by atoms with Crippen molar-refractivity contribution in [2.45, 2.75) is 39.7 Å². The summed E-state index contributed by atoms with van der Waals surface area (Å²) >= 11 is 1.49. The maximum Gasteiger partial charge on any atom is 0.0772 e. The second-order valence-corrected chi connectivity index (χ2v) is 4.68. The molecule has 0 saturated carbocycles. The van der Waals surface area contributed by atoms with Crippen LogP contribution in [0.2, 0.25) is 0 Å². The number of hydrogen-bond acceptors (Lipinski definition) is 4. The largest absolute Gasteiger partial charge is 0.309 e. The van der Waals surface area contributed by atoms with Gasteiger partial charge in [0.05, 0.1) is 10.6 Å². The Bertz CT molecular complexity index is 319. The molecule has 1 heterocycles. The molecule has 0 amide bonds. The average molecular weight is 225 g/mol. The van der Waals surface area contributed by atoms with Gasteiger partial charge in [-0.25, -0.2) is 0 Å². The van der Waals surface area contributed by atoms with E-state index in [1.165, 1.54) is 22.0 Å². The van der Waals surface area contributed by atoms with Gasteiger partial charge in [-0.2, -0.15) is 0 Å². The van der Waals surface area contributed by atoms with E-state index in [2.05, 4.69) is 35.3 Å². The lowest BCUT2D eigenvalue weighted by Crippen LogP contribution is -2.22. The van der Waals surface area contributed by atoms with Gasteiger partial charge in [-0.05, 0) is 44.8 Å². The van der Waals surface area contributed by atoms with E-state index in [1.807, 2.05) is 6.92 Å². The van der Waals surface area contributed by atoms with Gasteiger partial charge in [0.25, 0.3) is 0 Å². The van der Waals surface area contributed by atoms with Crippen molar-refractivity contribution in [3.8, 4) is 0 Å². The van der Waals surface area contributed by atoms with Gasteiger partial charge in [0.2, 0.25) is 0 Å². The first-order chi connectivity index (χ1) is 7.15. The zero-order valence-electron chi connectivity index (χ0n) is 9.71. The van der Waals surface area contributed by atoms with Crippen molar-refractivity contribution in [1.29, 1.82) is 0 Å². The number of aromatic nitrogens is 2. The number of aryl methyl sites for hydroxylation is 1. The normalized spacial score (nSPS) is 12.7. The first-order valence-electron chi connectivity index (χ1n) is 5.31. The fourth-order valence-electron chi connectivity index (χ4n) is 1.48. The standard InChI is InChI=1S/C11H19N3S/c1-5-6-12-10(7-8(2)3)11-9(4)13-14-15-11/h10,12H,2,5-7H2,1,3-4H3. The molecule has 0 saturated heterocycles. The number of hydrogen-bond donors (Lipinski definition) is 1. The summed E-state index contributed by atoms with van der Waals surface area (Å²) in [5.41, 5.74) is 2.23. The number of rotatable bonds is 6. The minimum atomic E-state index is 0.336. The lowest BCUT2D eigenvalue weighted by Gasteiger charge is -2.16. The third-order valence-corrected chi connectivity index (χ3v) is 3.14. The van der Waals surface area contributed by atoms with Gasteiger partial charge in [0.15, 0.2) is 0 Å². The molecule has 0 aliphatic carbocycles. The third-order valence-electron chi connectivity index (χ3n) is 2.20. The molecular formula is C11H19N3S. The topological polar surface area (TPSA) is 37.8 Å². The second kappa shape index (κ2) is 5.98.